The van der Waals surface area contributed by atoms with Gasteiger partial charge in [0.05, 0.1) is 0 Å². The second-order valence-corrected chi connectivity index (χ2v) is 6.83. The molecule has 2 aromatic rings. The van der Waals surface area contributed by atoms with Gasteiger partial charge in [-0.25, -0.2) is 13.6 Å². The van der Waals surface area contributed by atoms with Crippen molar-refractivity contribution in [3.63, 3.8) is 0 Å². The number of urea groups is 1. The molecule has 6 nitrogen and oxygen atoms in total. The van der Waals surface area contributed by atoms with Crippen LogP contribution < -0.4 is 10.6 Å². The quantitative estimate of drug-likeness (QED) is 0.773. The van der Waals surface area contributed by atoms with Gasteiger partial charge in [0, 0.05) is 12.1 Å². The first-order valence-electron chi connectivity index (χ1n) is 8.62. The predicted molar refractivity (Wildman–Crippen MR) is 97.0 cm³/mol. The number of hydrogen-bond donors (Lipinski definition) is 2. The number of nitrogens with zero attached hydrogens (tertiary/aromatic N) is 1. The van der Waals surface area contributed by atoms with Crippen molar-refractivity contribution in [2.45, 2.75) is 25.9 Å². The van der Waals surface area contributed by atoms with Crippen molar-refractivity contribution < 1.29 is 23.2 Å². The summed E-state index contributed by atoms with van der Waals surface area (Å²) in [5.74, 6) is -2.95. The zero-order valence-corrected chi connectivity index (χ0v) is 15.4. The molecule has 3 rings (SSSR count). The van der Waals surface area contributed by atoms with Crippen molar-refractivity contribution >= 4 is 17.8 Å². The van der Waals surface area contributed by atoms with Gasteiger partial charge in [-0.2, -0.15) is 0 Å². The maximum absolute atomic E-state index is 14.1. The van der Waals surface area contributed by atoms with Crippen molar-refractivity contribution in [2.75, 3.05) is 6.54 Å². The topological polar surface area (TPSA) is 78.5 Å². The molecule has 1 heterocycles. The highest BCUT2D eigenvalue weighted by molar-refractivity contribution is 6.09. The van der Waals surface area contributed by atoms with Crippen molar-refractivity contribution in [2.24, 2.45) is 0 Å². The number of imide groups is 1. The van der Waals surface area contributed by atoms with Gasteiger partial charge in [-0.1, -0.05) is 29.8 Å². The second kappa shape index (κ2) is 7.38. The van der Waals surface area contributed by atoms with Gasteiger partial charge in [0.1, 0.15) is 23.7 Å². The lowest BCUT2D eigenvalue weighted by Crippen LogP contribution is -2.43. The molecule has 0 aromatic heterocycles. The third-order valence-electron chi connectivity index (χ3n) is 4.65. The maximum Gasteiger partial charge on any atom is 0.325 e. The molecule has 0 saturated carbocycles. The van der Waals surface area contributed by atoms with Crippen LogP contribution in [0.5, 0.6) is 0 Å². The molecule has 2 aromatic carbocycles. The van der Waals surface area contributed by atoms with E-state index in [-0.39, 0.29) is 12.1 Å². The molecule has 2 N–H and O–H groups in total. The lowest BCUT2D eigenvalue weighted by molar-refractivity contribution is -0.134. The van der Waals surface area contributed by atoms with Gasteiger partial charge in [-0.05, 0) is 37.6 Å². The summed E-state index contributed by atoms with van der Waals surface area (Å²) in [6, 6.07) is 9.32. The van der Waals surface area contributed by atoms with Crippen molar-refractivity contribution in [3.05, 3.63) is 70.8 Å². The molecule has 4 amide bonds. The molecule has 0 bridgehead atoms. The van der Waals surface area contributed by atoms with E-state index in [1.807, 2.05) is 31.2 Å². The second-order valence-electron chi connectivity index (χ2n) is 6.83. The van der Waals surface area contributed by atoms with Crippen LogP contribution in [-0.2, 0) is 21.7 Å². The molecule has 1 atom stereocenters. The van der Waals surface area contributed by atoms with Crippen LogP contribution in [0.15, 0.2) is 42.5 Å². The average Bonchev–Trinajstić information content (AvgIpc) is 2.87. The zero-order valence-electron chi connectivity index (χ0n) is 15.4. The lowest BCUT2D eigenvalue weighted by Gasteiger charge is -2.22. The molecule has 0 aliphatic carbocycles. The van der Waals surface area contributed by atoms with Crippen LogP contribution in [0.1, 0.15) is 23.6 Å². The summed E-state index contributed by atoms with van der Waals surface area (Å²) in [7, 11) is 0. The Morgan fingerprint density at radius 1 is 1.14 bits per heavy atom. The first-order valence-corrected chi connectivity index (χ1v) is 8.62. The maximum atomic E-state index is 14.1. The Labute approximate surface area is 160 Å². The number of carbonyl (C=O) groups excluding carboxylic acids is 3. The third-order valence-corrected chi connectivity index (χ3v) is 4.65. The number of amides is 4. The predicted octanol–water partition coefficient (Wildman–Crippen LogP) is 2.36. The van der Waals surface area contributed by atoms with Crippen LogP contribution in [0.3, 0.4) is 0 Å². The minimum absolute atomic E-state index is 0.235. The van der Waals surface area contributed by atoms with Crippen molar-refractivity contribution in [3.8, 4) is 0 Å². The van der Waals surface area contributed by atoms with E-state index in [1.54, 1.807) is 0 Å². The van der Waals surface area contributed by atoms with E-state index in [1.165, 1.54) is 6.92 Å². The fraction of sp³-hybridized carbons (Fsp3) is 0.250. The molecular formula is C20H19F2N3O3. The number of halogens is 2. The summed E-state index contributed by atoms with van der Waals surface area (Å²) >= 11 is 0. The molecule has 146 valence electrons. The van der Waals surface area contributed by atoms with Gasteiger partial charge in [0.15, 0.2) is 0 Å². The summed E-state index contributed by atoms with van der Waals surface area (Å²) in [6.45, 7) is 2.93. The van der Waals surface area contributed by atoms with Crippen LogP contribution in [0.25, 0.3) is 0 Å². The average molecular weight is 387 g/mol. The molecule has 1 aliphatic heterocycles. The molecule has 0 spiro atoms. The Balaban J connectivity index is 1.70. The normalized spacial score (nSPS) is 18.9. The molecule has 1 unspecified atom stereocenters. The van der Waals surface area contributed by atoms with Gasteiger partial charge in [-0.3, -0.25) is 14.5 Å². The van der Waals surface area contributed by atoms with E-state index in [4.69, 9.17) is 0 Å². The third kappa shape index (κ3) is 3.71. The zero-order chi connectivity index (χ0) is 20.5. The van der Waals surface area contributed by atoms with Crippen LogP contribution >= 0.6 is 0 Å². The summed E-state index contributed by atoms with van der Waals surface area (Å²) in [6.07, 6.45) is 0. The number of hydrogen-bond acceptors (Lipinski definition) is 3. The number of benzene rings is 2. The van der Waals surface area contributed by atoms with E-state index in [0.717, 1.165) is 29.3 Å². The molecular weight excluding hydrogens is 368 g/mol. The number of rotatable bonds is 5. The van der Waals surface area contributed by atoms with Crippen molar-refractivity contribution in [1.29, 1.82) is 0 Å². The van der Waals surface area contributed by atoms with Crippen LogP contribution in [-0.4, -0.2) is 29.3 Å². The Bertz CT molecular complexity index is 946. The summed E-state index contributed by atoms with van der Waals surface area (Å²) in [5.41, 5.74) is -0.143. The van der Waals surface area contributed by atoms with Gasteiger partial charge in [0.2, 0.25) is 5.91 Å². The van der Waals surface area contributed by atoms with Gasteiger partial charge >= 0.3 is 6.03 Å². The van der Waals surface area contributed by atoms with E-state index in [2.05, 4.69) is 10.6 Å². The SMILES string of the molecule is Cc1ccc(CNC(=O)CN2C(=O)NC(C)(c3cc(F)ccc3F)C2=O)cc1. The van der Waals surface area contributed by atoms with E-state index >= 15 is 0 Å². The number of aryl methyl sites for hydroxylation is 1. The fourth-order valence-corrected chi connectivity index (χ4v) is 3.01. The van der Waals surface area contributed by atoms with Gasteiger partial charge in [0.25, 0.3) is 5.91 Å². The van der Waals surface area contributed by atoms with Crippen LogP contribution in [0.2, 0.25) is 0 Å². The first-order chi connectivity index (χ1) is 13.2. The minimum Gasteiger partial charge on any atom is -0.350 e. The number of nitrogens with one attached hydrogen (secondary N) is 2. The molecule has 0 radical (unpaired) electrons. The Morgan fingerprint density at radius 3 is 2.50 bits per heavy atom. The van der Waals surface area contributed by atoms with E-state index in [0.29, 0.717) is 4.90 Å². The smallest absolute Gasteiger partial charge is 0.325 e. The summed E-state index contributed by atoms with van der Waals surface area (Å²) in [5, 5.41) is 4.98. The minimum atomic E-state index is -1.79. The van der Waals surface area contributed by atoms with Crippen LogP contribution in [0.4, 0.5) is 13.6 Å². The Kier molecular flexibility index (Phi) is 5.13. The number of carbonyl (C=O) groups is 3. The Hall–Kier alpha value is -3.29. The highest BCUT2D eigenvalue weighted by Crippen LogP contribution is 2.31. The lowest BCUT2D eigenvalue weighted by atomic mass is 9.91. The van der Waals surface area contributed by atoms with Crippen LogP contribution in [0, 0.1) is 18.6 Å². The van der Waals surface area contributed by atoms with E-state index < -0.39 is 41.6 Å². The molecule has 8 heteroatoms. The monoisotopic (exact) mass is 387 g/mol. The largest absolute Gasteiger partial charge is 0.350 e. The standard InChI is InChI=1S/C20H19F2N3O3/c1-12-3-5-13(6-4-12)10-23-17(26)11-25-18(27)20(2,24-19(25)28)15-9-14(21)7-8-16(15)22/h3-9H,10-11H2,1-2H3,(H,23,26)(H,24,28). The first kappa shape index (κ1) is 19.5. The summed E-state index contributed by atoms with van der Waals surface area (Å²) < 4.78 is 27.6. The fourth-order valence-electron chi connectivity index (χ4n) is 3.01. The molecule has 1 fully saturated rings. The Morgan fingerprint density at radius 2 is 1.82 bits per heavy atom. The summed E-state index contributed by atoms with van der Waals surface area (Å²) in [4.78, 5) is 37.8. The molecule has 1 saturated heterocycles. The molecule has 1 aliphatic rings. The highest BCUT2D eigenvalue weighted by Gasteiger charge is 2.50. The van der Waals surface area contributed by atoms with Gasteiger partial charge in [-0.15, -0.1) is 0 Å². The van der Waals surface area contributed by atoms with Crippen molar-refractivity contribution in [1.82, 2.24) is 15.5 Å². The highest BCUT2D eigenvalue weighted by atomic mass is 19.1. The van der Waals surface area contributed by atoms with E-state index in [9.17, 15) is 23.2 Å². The van der Waals surface area contributed by atoms with Gasteiger partial charge < -0.3 is 10.6 Å². The molecule has 28 heavy (non-hydrogen) atoms.